The van der Waals surface area contributed by atoms with Crippen molar-refractivity contribution < 1.29 is 164 Å². The zero-order valence-corrected chi connectivity index (χ0v) is 57.9. The van der Waals surface area contributed by atoms with Gasteiger partial charge in [0.05, 0.1) is 69.2 Å². The van der Waals surface area contributed by atoms with Gasteiger partial charge in [-0.15, -0.1) is 0 Å². The molecule has 588 valence electrons. The highest BCUT2D eigenvalue weighted by Gasteiger charge is 2.71. The molecule has 101 heavy (non-hydrogen) atoms. The first-order valence-corrected chi connectivity index (χ1v) is 35.4. The highest BCUT2D eigenvalue weighted by molar-refractivity contribution is 5.32. The van der Waals surface area contributed by atoms with E-state index in [1.807, 2.05) is 13.8 Å². The van der Waals surface area contributed by atoms with Crippen molar-refractivity contribution >= 4 is 0 Å². The topological polar surface area (TPSA) is 547 Å². The number of allylic oxidation sites excluding steroid dienone is 1. The summed E-state index contributed by atoms with van der Waals surface area (Å²) in [5.74, 6) is -1.22. The zero-order chi connectivity index (χ0) is 73.5. The summed E-state index contributed by atoms with van der Waals surface area (Å²) in [4.78, 5) is 0. The maximum absolute atomic E-state index is 13.0. The zero-order valence-electron chi connectivity index (χ0n) is 57.9. The second-order valence-corrected chi connectivity index (χ2v) is 32.0. The monoisotopic (exact) mass is 1460 g/mol. The number of ether oxygens (including phenoxy) is 11. The predicted molar refractivity (Wildman–Crippen MR) is 343 cm³/mol. The van der Waals surface area contributed by atoms with Crippen molar-refractivity contribution in [1.29, 1.82) is 0 Å². The van der Waals surface area contributed by atoms with Crippen LogP contribution in [0.25, 0.3) is 0 Å². The molecule has 0 aromatic heterocycles. The Bertz CT molecular complexity index is 2670. The van der Waals surface area contributed by atoms with Crippen LogP contribution in [-0.2, 0) is 52.1 Å². The molecule has 10 rings (SSSR count). The summed E-state index contributed by atoms with van der Waals surface area (Å²) in [6, 6.07) is 0. The van der Waals surface area contributed by atoms with Crippen LogP contribution in [0.2, 0.25) is 0 Å². The van der Waals surface area contributed by atoms with Gasteiger partial charge in [0, 0.05) is 23.4 Å². The van der Waals surface area contributed by atoms with Crippen LogP contribution in [0.3, 0.4) is 0 Å². The van der Waals surface area contributed by atoms with Crippen LogP contribution in [0.1, 0.15) is 121 Å². The fourth-order valence-corrected chi connectivity index (χ4v) is 18.9. The van der Waals surface area contributed by atoms with E-state index >= 15 is 0 Å². The second-order valence-electron chi connectivity index (χ2n) is 32.0. The van der Waals surface area contributed by atoms with Crippen LogP contribution in [0.15, 0.2) is 11.6 Å². The molecule has 5 heterocycles. The Morgan fingerprint density at radius 2 is 0.960 bits per heavy atom. The highest BCUT2D eigenvalue weighted by Crippen LogP contribution is 2.75. The smallest absolute Gasteiger partial charge is 0.187 e. The van der Waals surface area contributed by atoms with Gasteiger partial charge in [-0.2, -0.15) is 0 Å². The lowest BCUT2D eigenvalue weighted by Gasteiger charge is -2.67. The first-order chi connectivity index (χ1) is 46.9. The molecule has 9 fully saturated rings. The Morgan fingerprint density at radius 1 is 0.495 bits per heavy atom. The number of aliphatic hydroxyl groups excluding tert-OH is 21. The minimum Gasteiger partial charge on any atom is -0.396 e. The number of hydrogen-bond acceptors (Lipinski definition) is 33. The van der Waals surface area contributed by atoms with Crippen molar-refractivity contribution in [1.82, 2.24) is 0 Å². The van der Waals surface area contributed by atoms with E-state index in [0.717, 1.165) is 18.4 Å². The molecule has 1 unspecified atom stereocenters. The van der Waals surface area contributed by atoms with E-state index in [4.69, 9.17) is 52.1 Å². The van der Waals surface area contributed by atoms with Crippen LogP contribution in [-0.4, -0.2) is 354 Å². The lowest BCUT2D eigenvalue weighted by molar-refractivity contribution is -0.380. The Morgan fingerprint density at radius 3 is 1.47 bits per heavy atom. The summed E-state index contributed by atoms with van der Waals surface area (Å²) < 4.78 is 66.7. The fourth-order valence-electron chi connectivity index (χ4n) is 18.9. The normalized spacial score (nSPS) is 51.5. The minimum atomic E-state index is -1.98. The number of fused-ring (bicyclic) bond motifs is 5. The van der Waals surface area contributed by atoms with Gasteiger partial charge in [0.1, 0.15) is 134 Å². The molecule has 0 amide bonds. The third-order valence-electron chi connectivity index (χ3n) is 25.5. The molecule has 40 atom stereocenters. The van der Waals surface area contributed by atoms with Gasteiger partial charge in [0.2, 0.25) is 0 Å². The van der Waals surface area contributed by atoms with E-state index < -0.39 is 264 Å². The van der Waals surface area contributed by atoms with Crippen molar-refractivity contribution in [2.45, 2.75) is 322 Å². The molecule has 33 heteroatoms. The first-order valence-electron chi connectivity index (χ1n) is 35.4. The summed E-state index contributed by atoms with van der Waals surface area (Å²) in [5, 5.41) is 240. The minimum absolute atomic E-state index is 0. The third-order valence-corrected chi connectivity index (χ3v) is 25.5. The van der Waals surface area contributed by atoms with Crippen molar-refractivity contribution in [2.24, 2.45) is 51.2 Å². The average Bonchev–Trinajstić information content (AvgIpc) is 1.64. The standard InChI is InChI=1S/C67H114O33.CH4/c1-25(9-13-39(64(4,5)89)99-62-57(100-60-55(88)50(83)44(77)33(22-71)95-60)52(85)46(79)35(97-62)24-91-59-54(87)49(82)43(76)32(21-70)94-59)27-15-16-65(6)36-12-10-28-29(67(36,8)37(72)18-66(27,65)7)11-14-38(63(28,2)3)98-61-56(92-30-17-26(19-68)40(73)47(80)41(30)74)51(84)45(78)34(96-61)23-90-58-53(86)48(81)42(75)31(20-69)93-58;/h10,25-27,29-62,68-89H,9,11-24H2,1-8H3;1H4/t25-,26-,27-,29-,30-,31-,32-,33-,34-,35-,36+,37-,38+,39?,40-,41+,42-,43-,44-,45-,46-,47+,48+,49+,50+,51+,52+,53-,54-,55-,56-,57-,58-,59-,60+,61+,62+,65+,66-,67+;/m1./s1. The fraction of sp³-hybridized carbons (Fsp3) is 0.971. The lowest BCUT2D eigenvalue weighted by Crippen LogP contribution is -2.66. The Kier molecular flexibility index (Phi) is 26.9. The van der Waals surface area contributed by atoms with E-state index in [2.05, 4.69) is 33.8 Å². The number of hydrogen-bond donors (Lipinski definition) is 22. The van der Waals surface area contributed by atoms with Gasteiger partial charge in [0.15, 0.2) is 31.5 Å². The molecular weight excluding hydrogens is 1340 g/mol. The molecular formula is C68H118O33. The van der Waals surface area contributed by atoms with E-state index in [1.54, 1.807) is 0 Å². The van der Waals surface area contributed by atoms with Crippen molar-refractivity contribution in [3.05, 3.63) is 11.6 Å². The van der Waals surface area contributed by atoms with Gasteiger partial charge in [-0.1, -0.05) is 60.6 Å². The SMILES string of the molecule is C.C[C@H](CCC(O[C@@H]1O[C@H](CO[C@@H]2O[C@H](CO)[C@@H](O)[C@H](O)[C@H]2O)[C@@H](O)[C@H](O)[C@H]1O[C@@H]1O[C@H](CO)[C@@H](O)[C@H](O)[C@H]1O)C(C)(C)O)[C@H]1CC[C@@]2(C)[C@@H]3CC=C4[C@@H](CC[C@H](O[C@@H]5O[C@H](CO[C@@H]6O[C@H](CO)[C@@H](O)[C@H](O)[C@H]6O)[C@@H](O)[C@H](O)[C@H]5O[C@@H]5C[C@H](CO)[C@@H](O)[C@H](O)[C@H]5O)C4(C)C)[C@]3(C)[C@H](O)C[C@]12C. The molecule has 5 aliphatic carbocycles. The van der Waals surface area contributed by atoms with Gasteiger partial charge in [0.25, 0.3) is 0 Å². The van der Waals surface area contributed by atoms with Crippen LogP contribution in [0, 0.1) is 51.2 Å². The summed E-state index contributed by atoms with van der Waals surface area (Å²) in [6.45, 7) is 11.6. The molecule has 5 saturated heterocycles. The Balaban J connectivity index is 0.0000119. The molecule has 0 bridgehead atoms. The van der Waals surface area contributed by atoms with E-state index in [-0.39, 0.29) is 49.4 Å². The van der Waals surface area contributed by atoms with Crippen LogP contribution in [0.5, 0.6) is 0 Å². The Labute approximate surface area is 587 Å². The molecule has 0 aromatic carbocycles. The molecule has 0 radical (unpaired) electrons. The molecule has 33 nitrogen and oxygen atoms in total. The van der Waals surface area contributed by atoms with Gasteiger partial charge in [-0.3, -0.25) is 0 Å². The third kappa shape index (κ3) is 15.4. The maximum atomic E-state index is 13.0. The molecule has 0 spiro atoms. The van der Waals surface area contributed by atoms with Crippen LogP contribution in [0.4, 0.5) is 0 Å². The highest BCUT2D eigenvalue weighted by atomic mass is 16.8. The number of rotatable bonds is 23. The van der Waals surface area contributed by atoms with Gasteiger partial charge in [-0.25, -0.2) is 0 Å². The molecule has 4 saturated carbocycles. The first kappa shape index (κ1) is 83.5. The molecule has 22 N–H and O–H groups in total. The van der Waals surface area contributed by atoms with Crippen LogP contribution < -0.4 is 0 Å². The average molecular weight is 1460 g/mol. The molecule has 0 aromatic rings. The van der Waals surface area contributed by atoms with Gasteiger partial charge < -0.3 is 164 Å². The van der Waals surface area contributed by atoms with E-state index in [1.165, 1.54) is 13.8 Å². The predicted octanol–water partition coefficient (Wildman–Crippen LogP) is -6.28. The molecule has 10 aliphatic rings. The van der Waals surface area contributed by atoms with E-state index in [9.17, 15) is 112 Å². The molecule has 5 aliphatic heterocycles. The Hall–Kier alpha value is -1.58. The maximum Gasteiger partial charge on any atom is 0.187 e. The largest absolute Gasteiger partial charge is 0.396 e. The van der Waals surface area contributed by atoms with Crippen LogP contribution >= 0.6 is 0 Å². The van der Waals surface area contributed by atoms with Crippen molar-refractivity contribution in [2.75, 3.05) is 39.6 Å². The van der Waals surface area contributed by atoms with Gasteiger partial charge in [-0.05, 0) is 106 Å². The van der Waals surface area contributed by atoms with Crippen molar-refractivity contribution in [3.63, 3.8) is 0 Å². The summed E-state index contributed by atoms with van der Waals surface area (Å²) in [5.41, 5.74) is -2.93. The summed E-state index contributed by atoms with van der Waals surface area (Å²) in [7, 11) is 0. The van der Waals surface area contributed by atoms with Gasteiger partial charge >= 0.3 is 0 Å². The summed E-state index contributed by atoms with van der Waals surface area (Å²) >= 11 is 0. The van der Waals surface area contributed by atoms with Crippen molar-refractivity contribution in [3.8, 4) is 0 Å². The number of aliphatic hydroxyl groups is 22. The lowest BCUT2D eigenvalue weighted by atomic mass is 9.38. The second kappa shape index (κ2) is 32.5. The quantitative estimate of drug-likeness (QED) is 0.0423. The summed E-state index contributed by atoms with van der Waals surface area (Å²) in [6.07, 6.45) is -45.7. The van der Waals surface area contributed by atoms with E-state index in [0.29, 0.717) is 32.1 Å².